The topological polar surface area (TPSA) is 441 Å². The van der Waals surface area contributed by atoms with Gasteiger partial charge < -0.3 is 33.5 Å². The summed E-state index contributed by atoms with van der Waals surface area (Å²) in [6, 6.07) is 45.9. The number of likely N-dealkylation sites (tertiary alicyclic amines) is 5. The number of nitrogen functional groups attached to an aromatic ring is 1. The number of anilines is 1. The second-order valence-corrected chi connectivity index (χ2v) is 33.3. The Bertz CT molecular complexity index is 5810. The summed E-state index contributed by atoms with van der Waals surface area (Å²) in [6.07, 6.45) is 27.7. The first kappa shape index (κ1) is 104. The van der Waals surface area contributed by atoms with Crippen LogP contribution in [-0.2, 0) is 22.7 Å². The number of aliphatic carboxylic acids is 1. The van der Waals surface area contributed by atoms with Gasteiger partial charge in [0.25, 0.3) is 0 Å². The maximum atomic E-state index is 12.6. The van der Waals surface area contributed by atoms with Crippen LogP contribution >= 0.6 is 103 Å². The number of aromatic nitrogens is 13. The molecule has 131 heavy (non-hydrogen) atoms. The number of amides is 1. The number of imidazole rings is 3. The molecule has 13 heterocycles. The molecule has 32 nitrogen and oxygen atoms in total. The van der Waals surface area contributed by atoms with Gasteiger partial charge in [0.1, 0.15) is 49.3 Å². The standard InChI is InChI=1S/C18H16BrClN4O.C18H18BrN5O.C18H19ClN4O2.C18H17ClN4O.C13H15NO3.C5H6ClN3.BHNS.ClH.H3N.H2O/c2*19-16-15-17(20)21-8-10-24(15)18(22-16)13-7-4-9-23(13)11-14(25)12-5-2-1-3-6-12;19-17-14(20-8-9-21-17)11-22-18(25)15-7-4-10-23(15)12-16(24)13-5-2-1-3-6-13;19-17-15-11-21-18(23(15)10-8-20-17)14-7-4-9-22(14)12-16(24)13-5-2-1-3-6-13;15-12(10-5-2-1-3-6-10)9-14-8-4-7-11(14)13(16)17;6-5-4(3-7)8-1-2-9-5;1-2-3;;;/h1-3,5-6,8,10,13H,4,7,9,11H2;1-3,5-6,8,10,13H,4,7,9,11H2,(H2,20,21);1-3,5-6,8-9,15H,4,7,10-12H2,(H,22,25);1-3,5-6,8,10-11,14H,4,7,9,12H2;1-3,5-6,11H,4,7-9H2,(H,16,17);1-2H,3,7H2;3H;1H;1H3;1H2/t2*13-;15-;14-;11-;;;;;/m00000...../s1. The van der Waals surface area contributed by atoms with Gasteiger partial charge in [-0.3, -0.25) is 81.2 Å². The molecule has 0 unspecified atom stereocenters. The number of fused-ring (bicyclic) bond motifs is 3. The van der Waals surface area contributed by atoms with Crippen molar-refractivity contribution in [1.82, 2.24) is 99.0 Å². The Morgan fingerprint density at radius 3 is 1.18 bits per heavy atom. The van der Waals surface area contributed by atoms with E-state index in [1.54, 1.807) is 60.1 Å². The number of carboxylic acid groups (broad SMARTS) is 1. The summed E-state index contributed by atoms with van der Waals surface area (Å²) in [5.41, 5.74) is 18.3. The number of carboxylic acids is 1. The fourth-order valence-electron chi connectivity index (χ4n) is 15.9. The van der Waals surface area contributed by atoms with Crippen LogP contribution in [0.4, 0.5) is 5.82 Å². The van der Waals surface area contributed by atoms with Gasteiger partial charge in [0.15, 0.2) is 55.3 Å². The zero-order chi connectivity index (χ0) is 90.6. The number of halogens is 7. The minimum absolute atomic E-state index is 0. The van der Waals surface area contributed by atoms with Gasteiger partial charge in [-0.2, -0.15) is 0 Å². The molecule has 685 valence electrons. The first-order valence-electron chi connectivity index (χ1n) is 41.3. The summed E-state index contributed by atoms with van der Waals surface area (Å²) in [4.78, 5) is 138. The van der Waals surface area contributed by atoms with Crippen molar-refractivity contribution in [3.63, 3.8) is 0 Å². The Morgan fingerprint density at radius 1 is 0.443 bits per heavy atom. The predicted molar refractivity (Wildman–Crippen MR) is 517 cm³/mol. The summed E-state index contributed by atoms with van der Waals surface area (Å²) in [7, 11) is 4.34. The number of nitrogens with one attached hydrogen (secondary N) is 1. The van der Waals surface area contributed by atoms with Crippen LogP contribution in [0.3, 0.4) is 0 Å². The average Bonchev–Trinajstić information content (AvgIpc) is 1.62. The number of benzene rings is 5. The van der Waals surface area contributed by atoms with Crippen LogP contribution in [0.2, 0.25) is 20.6 Å². The second kappa shape index (κ2) is 52.1. The normalized spacial score (nSPS) is 17.0. The van der Waals surface area contributed by atoms with Crippen molar-refractivity contribution in [3.05, 3.63) is 306 Å². The molecule has 5 aliphatic heterocycles. The Kier molecular flexibility index (Phi) is 41.4. The number of nitrogens with zero attached hydrogens (tertiary/aromatic N) is 19. The van der Waals surface area contributed by atoms with Crippen LogP contribution in [0.25, 0.3) is 16.6 Å². The Morgan fingerprint density at radius 2 is 0.771 bits per heavy atom. The molecule has 11 N–H and O–H groups in total. The minimum atomic E-state index is -0.830. The zero-order valence-corrected chi connectivity index (χ0v) is 79.0. The third-order valence-corrected chi connectivity index (χ3v) is 24.4. The van der Waals surface area contributed by atoms with E-state index in [-0.39, 0.29) is 108 Å². The third kappa shape index (κ3) is 27.8. The van der Waals surface area contributed by atoms with E-state index in [0.29, 0.717) is 92.1 Å². The number of nitrogens with two attached hydrogens (primary N) is 2. The molecule has 1 radical (unpaired) electrons. The molecule has 5 fully saturated rings. The fraction of sp³-hybridized carbons (Fsp3) is 0.300. The molecule has 18 rings (SSSR count). The summed E-state index contributed by atoms with van der Waals surface area (Å²) in [5.74, 6) is 2.63. The van der Waals surface area contributed by atoms with E-state index in [9.17, 15) is 33.6 Å². The van der Waals surface area contributed by atoms with Crippen LogP contribution in [-0.4, -0.2) is 224 Å². The molecule has 0 bridgehead atoms. The molecule has 5 atom stereocenters. The number of carbonyl (C=O) groups is 7. The van der Waals surface area contributed by atoms with Crippen LogP contribution in [0.1, 0.15) is 163 Å². The van der Waals surface area contributed by atoms with Crippen molar-refractivity contribution in [1.29, 1.82) is 0 Å². The van der Waals surface area contributed by atoms with Gasteiger partial charge in [-0.05, 0) is 129 Å². The molecule has 13 aromatic rings. The van der Waals surface area contributed by atoms with E-state index in [1.807, 2.05) is 164 Å². The Hall–Kier alpha value is -10.5. The summed E-state index contributed by atoms with van der Waals surface area (Å²) in [6.45, 7) is 6.29. The monoisotopic (exact) mass is 2020 g/mol. The van der Waals surface area contributed by atoms with E-state index < -0.39 is 12.0 Å². The van der Waals surface area contributed by atoms with Gasteiger partial charge in [-0.1, -0.05) is 198 Å². The Balaban J connectivity index is 0.000000178. The van der Waals surface area contributed by atoms with Crippen LogP contribution in [0.15, 0.2) is 233 Å². The van der Waals surface area contributed by atoms with Crippen LogP contribution in [0, 0.1) is 0 Å². The van der Waals surface area contributed by atoms with Crippen molar-refractivity contribution in [3.8, 4) is 0 Å². The molecule has 0 saturated carbocycles. The molecule has 0 aliphatic carbocycles. The number of hydrogen-bond donors (Lipinski definition) is 6. The predicted octanol–water partition coefficient (Wildman–Crippen LogP) is 14.7. The maximum absolute atomic E-state index is 12.6. The fourth-order valence-corrected chi connectivity index (χ4v) is 18.0. The Labute approximate surface area is 806 Å². The van der Waals surface area contributed by atoms with E-state index in [4.69, 9.17) is 63.0 Å². The van der Waals surface area contributed by atoms with Gasteiger partial charge >= 0.3 is 30.7 Å². The van der Waals surface area contributed by atoms with Gasteiger partial charge in [-0.25, -0.2) is 39.9 Å². The summed E-state index contributed by atoms with van der Waals surface area (Å²) >= 11 is 34.0. The van der Waals surface area contributed by atoms with E-state index in [1.165, 1.54) is 18.6 Å². The second-order valence-electron chi connectivity index (χ2n) is 30.1. The number of carbonyl (C=O) groups excluding carboxylic acids is 6. The molecule has 1 amide bonds. The molecule has 5 aliphatic rings. The van der Waals surface area contributed by atoms with Gasteiger partial charge in [0.05, 0.1) is 81.0 Å². The summed E-state index contributed by atoms with van der Waals surface area (Å²) in [5, 5.41) is 13.4. The zero-order valence-electron chi connectivity index (χ0n) is 71.1. The van der Waals surface area contributed by atoms with Gasteiger partial charge in [0, 0.05) is 96.3 Å². The molecular weight excluding hydrogens is 1930 g/mol. The number of ketones is 5. The molecule has 8 aromatic heterocycles. The van der Waals surface area contributed by atoms with Crippen molar-refractivity contribution < 1.29 is 44.1 Å². The van der Waals surface area contributed by atoms with Crippen molar-refractivity contribution in [2.24, 2.45) is 10.0 Å². The first-order chi connectivity index (χ1) is 62.1. The summed E-state index contributed by atoms with van der Waals surface area (Å²) < 4.78 is 9.99. The van der Waals surface area contributed by atoms with E-state index in [2.05, 4.69) is 126 Å². The quantitative estimate of drug-likeness (QED) is 0.0197. The SMILES string of the molecule is Cl.N.NCc1nccnc1Cl.Nc1nccn2c([C@@H]3CCCN3CC(=O)c3ccccc3)nc(Br)c12.O.O=C(CN1CCC[C@H]1C(=O)NCc1nccnc1Cl)c1ccccc1.O=C(CN1CCC[C@H]1C(=O)O)c1ccccc1.O=C(CN1CCC[C@H]1c1nc(Br)c2c(Cl)nccn12)c1ccccc1.O=C(CN1CCC[C@H]1c1ncc2c(Cl)nccn12)c1ccccc1.[B]=NS. The molecule has 5 saturated heterocycles. The van der Waals surface area contributed by atoms with Crippen LogP contribution < -0.4 is 22.9 Å². The first-order valence-corrected chi connectivity index (χ1v) is 44.8. The van der Waals surface area contributed by atoms with Crippen molar-refractivity contribution in [2.45, 2.75) is 108 Å². The number of Topliss-reactive ketones (excluding diaryl/α,β-unsaturated/α-hetero) is 5. The van der Waals surface area contributed by atoms with E-state index in [0.717, 1.165) is 135 Å². The molecule has 0 spiro atoms. The number of rotatable bonds is 23. The molecule has 5 aromatic carbocycles. The average molecular weight is 2030 g/mol. The van der Waals surface area contributed by atoms with Gasteiger partial charge in [0.2, 0.25) is 5.91 Å². The van der Waals surface area contributed by atoms with Crippen LogP contribution in [0.5, 0.6) is 0 Å². The van der Waals surface area contributed by atoms with Gasteiger partial charge in [-0.15, -0.1) is 12.4 Å². The van der Waals surface area contributed by atoms with Crippen molar-refractivity contribution in [2.75, 3.05) is 71.2 Å². The third-order valence-electron chi connectivity index (χ3n) is 22.1. The van der Waals surface area contributed by atoms with Crippen molar-refractivity contribution >= 4 is 174 Å². The number of hydrogen-bond acceptors (Lipinski definition) is 27. The molecular formula is C90H98BBr2Cl5N23O9S. The number of thiol groups is 1. The van der Waals surface area contributed by atoms with E-state index >= 15 is 0 Å². The molecule has 41 heteroatoms.